The summed E-state index contributed by atoms with van der Waals surface area (Å²) >= 11 is 0. The molecule has 1 aromatic carbocycles. The van der Waals surface area contributed by atoms with Crippen LogP contribution in [0.5, 0.6) is 5.75 Å². The Morgan fingerprint density at radius 3 is 2.47 bits per heavy atom. The maximum Gasteiger partial charge on any atom is 0.220 e. The van der Waals surface area contributed by atoms with E-state index in [1.165, 1.54) is 0 Å². The number of hydrogen-bond donors (Lipinski definition) is 2. The first-order valence-corrected chi connectivity index (χ1v) is 6.86. The molecule has 1 aromatic rings. The minimum atomic E-state index is 0.114. The molecular weight excluding hydrogens is 240 g/mol. The minimum Gasteiger partial charge on any atom is -0.497 e. The molecule has 0 spiro atoms. The molecule has 0 fully saturated rings. The van der Waals surface area contributed by atoms with Gasteiger partial charge in [0.25, 0.3) is 0 Å². The van der Waals surface area contributed by atoms with Crippen LogP contribution >= 0.6 is 0 Å². The Hall–Kier alpha value is -1.55. The van der Waals surface area contributed by atoms with Crippen LogP contribution in [-0.4, -0.2) is 19.6 Å². The Morgan fingerprint density at radius 1 is 1.16 bits per heavy atom. The largest absolute Gasteiger partial charge is 0.497 e. The maximum atomic E-state index is 11.6. The van der Waals surface area contributed by atoms with Gasteiger partial charge in [-0.3, -0.25) is 4.79 Å². The highest BCUT2D eigenvalue weighted by atomic mass is 16.5. The third-order valence-electron chi connectivity index (χ3n) is 3.01. The molecule has 0 saturated carbocycles. The summed E-state index contributed by atoms with van der Waals surface area (Å²) in [5.74, 6) is 0.943. The van der Waals surface area contributed by atoms with E-state index in [1.54, 1.807) is 7.11 Å². The van der Waals surface area contributed by atoms with Gasteiger partial charge in [0.2, 0.25) is 5.91 Å². The molecule has 0 aliphatic heterocycles. The first kappa shape index (κ1) is 15.5. The molecule has 0 saturated heterocycles. The maximum absolute atomic E-state index is 11.6. The molecule has 1 amide bonds. The van der Waals surface area contributed by atoms with E-state index in [0.29, 0.717) is 13.0 Å². The minimum absolute atomic E-state index is 0.114. The molecule has 4 heteroatoms. The quantitative estimate of drug-likeness (QED) is 0.672. The Balaban J connectivity index is 2.15. The van der Waals surface area contributed by atoms with Gasteiger partial charge in [0.15, 0.2) is 0 Å². The number of rotatable bonds is 9. The van der Waals surface area contributed by atoms with Crippen LogP contribution in [0.25, 0.3) is 0 Å². The number of nitrogens with two attached hydrogens (primary N) is 1. The molecule has 0 bridgehead atoms. The van der Waals surface area contributed by atoms with Crippen molar-refractivity contribution < 1.29 is 9.53 Å². The number of hydrogen-bond acceptors (Lipinski definition) is 3. The van der Waals surface area contributed by atoms with Crippen LogP contribution in [0, 0.1) is 0 Å². The lowest BCUT2D eigenvalue weighted by Crippen LogP contribution is -2.22. The second-order valence-electron chi connectivity index (χ2n) is 4.58. The van der Waals surface area contributed by atoms with Gasteiger partial charge in [0.05, 0.1) is 7.11 Å². The molecular formula is C15H24N2O2. The summed E-state index contributed by atoms with van der Waals surface area (Å²) in [6, 6.07) is 7.71. The molecule has 1 rings (SSSR count). The van der Waals surface area contributed by atoms with Gasteiger partial charge in [0, 0.05) is 13.0 Å². The van der Waals surface area contributed by atoms with E-state index in [0.717, 1.165) is 43.5 Å². The topological polar surface area (TPSA) is 64.3 Å². The second kappa shape index (κ2) is 9.39. The molecule has 0 aliphatic carbocycles. The molecule has 0 heterocycles. The Morgan fingerprint density at radius 2 is 1.84 bits per heavy atom. The number of carbonyl (C=O) groups is 1. The molecule has 0 radical (unpaired) electrons. The number of carbonyl (C=O) groups excluding carboxylic acids is 1. The fourth-order valence-electron chi connectivity index (χ4n) is 1.82. The standard InChI is InChI=1S/C15H24N2O2/c1-19-14-9-7-13(8-10-14)12-17-15(18)6-4-2-3-5-11-16/h7-10H,2-6,11-12,16H2,1H3,(H,17,18). The van der Waals surface area contributed by atoms with Crippen LogP contribution in [0.15, 0.2) is 24.3 Å². The first-order valence-electron chi connectivity index (χ1n) is 6.86. The molecule has 3 N–H and O–H groups in total. The highest BCUT2D eigenvalue weighted by Crippen LogP contribution is 2.11. The summed E-state index contributed by atoms with van der Waals surface area (Å²) in [5, 5.41) is 2.92. The lowest BCUT2D eigenvalue weighted by molar-refractivity contribution is -0.121. The summed E-state index contributed by atoms with van der Waals surface area (Å²) in [5.41, 5.74) is 6.50. The average molecular weight is 264 g/mol. The number of methoxy groups -OCH3 is 1. The molecule has 0 aliphatic rings. The van der Waals surface area contributed by atoms with E-state index < -0.39 is 0 Å². The average Bonchev–Trinajstić information content (AvgIpc) is 2.45. The lowest BCUT2D eigenvalue weighted by Gasteiger charge is -2.06. The Labute approximate surface area is 115 Å². The zero-order chi connectivity index (χ0) is 13.9. The highest BCUT2D eigenvalue weighted by molar-refractivity contribution is 5.75. The molecule has 4 nitrogen and oxygen atoms in total. The normalized spacial score (nSPS) is 10.2. The highest BCUT2D eigenvalue weighted by Gasteiger charge is 2.01. The van der Waals surface area contributed by atoms with Crippen molar-refractivity contribution in [2.75, 3.05) is 13.7 Å². The first-order chi connectivity index (χ1) is 9.26. The van der Waals surface area contributed by atoms with Gasteiger partial charge >= 0.3 is 0 Å². The number of amides is 1. The van der Waals surface area contributed by atoms with Crippen LogP contribution < -0.4 is 15.8 Å². The van der Waals surface area contributed by atoms with E-state index in [4.69, 9.17) is 10.5 Å². The van der Waals surface area contributed by atoms with Crippen LogP contribution in [0.1, 0.15) is 37.7 Å². The number of nitrogens with one attached hydrogen (secondary N) is 1. The van der Waals surface area contributed by atoms with Crippen molar-refractivity contribution >= 4 is 5.91 Å². The van der Waals surface area contributed by atoms with Crippen molar-refractivity contribution in [2.45, 2.75) is 38.6 Å². The molecule has 19 heavy (non-hydrogen) atoms. The van der Waals surface area contributed by atoms with Crippen LogP contribution in [-0.2, 0) is 11.3 Å². The summed E-state index contributed by atoms with van der Waals surface area (Å²) in [4.78, 5) is 11.6. The van der Waals surface area contributed by atoms with Crippen molar-refractivity contribution in [3.05, 3.63) is 29.8 Å². The van der Waals surface area contributed by atoms with Crippen LogP contribution in [0.3, 0.4) is 0 Å². The SMILES string of the molecule is COc1ccc(CNC(=O)CCCCCCN)cc1. The lowest BCUT2D eigenvalue weighted by atomic mass is 10.1. The predicted molar refractivity (Wildman–Crippen MR) is 77.0 cm³/mol. The zero-order valence-corrected chi connectivity index (χ0v) is 11.7. The van der Waals surface area contributed by atoms with E-state index >= 15 is 0 Å². The molecule has 106 valence electrons. The van der Waals surface area contributed by atoms with Crippen molar-refractivity contribution in [1.29, 1.82) is 0 Å². The number of unbranched alkanes of at least 4 members (excludes halogenated alkanes) is 3. The van der Waals surface area contributed by atoms with E-state index in [9.17, 15) is 4.79 Å². The van der Waals surface area contributed by atoms with Gasteiger partial charge in [-0.25, -0.2) is 0 Å². The van der Waals surface area contributed by atoms with Crippen molar-refractivity contribution in [3.8, 4) is 5.75 Å². The molecule has 0 unspecified atom stereocenters. The van der Waals surface area contributed by atoms with Crippen LogP contribution in [0.2, 0.25) is 0 Å². The Kier molecular flexibility index (Phi) is 7.66. The van der Waals surface area contributed by atoms with Gasteiger partial charge in [0.1, 0.15) is 5.75 Å². The Bertz CT molecular complexity index is 363. The summed E-state index contributed by atoms with van der Waals surface area (Å²) in [6.07, 6.45) is 4.78. The molecule has 0 atom stereocenters. The summed E-state index contributed by atoms with van der Waals surface area (Å²) < 4.78 is 5.08. The van der Waals surface area contributed by atoms with Gasteiger partial charge in [-0.2, -0.15) is 0 Å². The fraction of sp³-hybridized carbons (Fsp3) is 0.533. The van der Waals surface area contributed by atoms with Crippen molar-refractivity contribution in [1.82, 2.24) is 5.32 Å². The van der Waals surface area contributed by atoms with E-state index in [1.807, 2.05) is 24.3 Å². The van der Waals surface area contributed by atoms with Crippen molar-refractivity contribution in [2.24, 2.45) is 5.73 Å². The van der Waals surface area contributed by atoms with Crippen LogP contribution in [0.4, 0.5) is 0 Å². The van der Waals surface area contributed by atoms with Gasteiger partial charge in [-0.15, -0.1) is 0 Å². The van der Waals surface area contributed by atoms with Gasteiger partial charge in [-0.05, 0) is 37.1 Å². The molecule has 0 aromatic heterocycles. The van der Waals surface area contributed by atoms with Gasteiger partial charge in [-0.1, -0.05) is 25.0 Å². The monoisotopic (exact) mass is 264 g/mol. The van der Waals surface area contributed by atoms with E-state index in [-0.39, 0.29) is 5.91 Å². The fourth-order valence-corrected chi connectivity index (χ4v) is 1.82. The number of ether oxygens (including phenoxy) is 1. The smallest absolute Gasteiger partial charge is 0.220 e. The summed E-state index contributed by atoms with van der Waals surface area (Å²) in [6.45, 7) is 1.31. The zero-order valence-electron chi connectivity index (χ0n) is 11.7. The van der Waals surface area contributed by atoms with Gasteiger partial charge < -0.3 is 15.8 Å². The van der Waals surface area contributed by atoms with E-state index in [2.05, 4.69) is 5.32 Å². The second-order valence-corrected chi connectivity index (χ2v) is 4.58. The third kappa shape index (κ3) is 6.82. The predicted octanol–water partition coefficient (Wildman–Crippen LogP) is 2.22. The summed E-state index contributed by atoms with van der Waals surface area (Å²) in [7, 11) is 1.64. The third-order valence-corrected chi connectivity index (χ3v) is 3.01. The van der Waals surface area contributed by atoms with Crippen molar-refractivity contribution in [3.63, 3.8) is 0 Å². The number of benzene rings is 1.